The van der Waals surface area contributed by atoms with Gasteiger partial charge in [0.05, 0.1) is 4.99 Å². The lowest BCUT2D eigenvalue weighted by Gasteiger charge is -2.25. The molecule has 0 aliphatic heterocycles. The molecule has 5 heteroatoms. The number of carbonyl (C=O) groups is 1. The molecule has 1 rings (SSSR count). The van der Waals surface area contributed by atoms with Gasteiger partial charge in [0.1, 0.15) is 0 Å². The summed E-state index contributed by atoms with van der Waals surface area (Å²) in [5.41, 5.74) is 6.33. The molecule has 0 aliphatic carbocycles. The van der Waals surface area contributed by atoms with E-state index < -0.39 is 6.10 Å². The van der Waals surface area contributed by atoms with Crippen LogP contribution in [0.25, 0.3) is 0 Å². The Bertz CT molecular complexity index is 423. The number of nitrogens with zero attached hydrogens (tertiary/aromatic N) is 1. The highest BCUT2D eigenvalue weighted by atomic mass is 32.1. The van der Waals surface area contributed by atoms with Crippen LogP contribution in [0.2, 0.25) is 0 Å². The Labute approximate surface area is 119 Å². The highest BCUT2D eigenvalue weighted by Gasteiger charge is 2.24. The lowest BCUT2D eigenvalue weighted by Crippen LogP contribution is -2.37. The average Bonchev–Trinajstić information content (AvgIpc) is 2.41. The van der Waals surface area contributed by atoms with Crippen LogP contribution in [0.4, 0.5) is 0 Å². The minimum Gasteiger partial charge on any atom is -0.393 e. The van der Waals surface area contributed by atoms with Crippen LogP contribution in [0.3, 0.4) is 0 Å². The zero-order valence-electron chi connectivity index (χ0n) is 11.3. The number of methoxy groups -OCH3 is 1. The average molecular weight is 280 g/mol. The number of hydrogen-bond acceptors (Lipinski definition) is 3. The second-order valence-electron chi connectivity index (χ2n) is 4.16. The summed E-state index contributed by atoms with van der Waals surface area (Å²) >= 11 is 4.84. The summed E-state index contributed by atoms with van der Waals surface area (Å²) in [5, 5.41) is 0. The van der Waals surface area contributed by atoms with E-state index in [4.69, 9.17) is 22.7 Å². The molecule has 0 fully saturated rings. The largest absolute Gasteiger partial charge is 0.393 e. The molecule has 4 nitrogen and oxygen atoms in total. The minimum absolute atomic E-state index is 0.0625. The van der Waals surface area contributed by atoms with E-state index in [9.17, 15) is 4.79 Å². The molecule has 1 unspecified atom stereocenters. The van der Waals surface area contributed by atoms with Crippen LogP contribution < -0.4 is 5.73 Å². The molecule has 0 aromatic heterocycles. The highest BCUT2D eigenvalue weighted by Crippen LogP contribution is 2.19. The summed E-state index contributed by atoms with van der Waals surface area (Å²) in [6, 6.07) is 9.45. The number of carbonyl (C=O) groups excluding carboxylic acids is 1. The summed E-state index contributed by atoms with van der Waals surface area (Å²) in [6.45, 7) is 3.06. The molecule has 1 atom stereocenters. The molecule has 0 aliphatic rings. The molecule has 0 heterocycles. The Morgan fingerprint density at radius 2 is 2.05 bits per heavy atom. The van der Waals surface area contributed by atoms with E-state index in [1.807, 2.05) is 37.3 Å². The van der Waals surface area contributed by atoms with Gasteiger partial charge in [-0.25, -0.2) is 0 Å². The quantitative estimate of drug-likeness (QED) is 0.775. The monoisotopic (exact) mass is 280 g/mol. The number of rotatable bonds is 7. The summed E-state index contributed by atoms with van der Waals surface area (Å²) in [4.78, 5) is 14.6. The SMILES string of the molecule is CCN(CCC(N)=S)C(=O)C(OC)c1ccccc1. The smallest absolute Gasteiger partial charge is 0.256 e. The fourth-order valence-electron chi connectivity index (χ4n) is 1.84. The van der Waals surface area contributed by atoms with E-state index in [-0.39, 0.29) is 5.91 Å². The Morgan fingerprint density at radius 1 is 1.42 bits per heavy atom. The molecule has 0 saturated heterocycles. The van der Waals surface area contributed by atoms with Crippen LogP contribution in [-0.4, -0.2) is 36.0 Å². The second kappa shape index (κ2) is 7.86. The van der Waals surface area contributed by atoms with Gasteiger partial charge in [-0.1, -0.05) is 42.5 Å². The van der Waals surface area contributed by atoms with Crippen molar-refractivity contribution < 1.29 is 9.53 Å². The van der Waals surface area contributed by atoms with Gasteiger partial charge >= 0.3 is 0 Å². The second-order valence-corrected chi connectivity index (χ2v) is 4.69. The molecule has 1 aromatic carbocycles. The third kappa shape index (κ3) is 4.61. The first kappa shape index (κ1) is 15.6. The van der Waals surface area contributed by atoms with Crippen molar-refractivity contribution in [2.45, 2.75) is 19.4 Å². The maximum absolute atomic E-state index is 12.4. The molecular formula is C14H20N2O2S. The molecule has 0 radical (unpaired) electrons. The van der Waals surface area contributed by atoms with E-state index in [0.29, 0.717) is 24.5 Å². The Balaban J connectivity index is 2.79. The van der Waals surface area contributed by atoms with E-state index >= 15 is 0 Å². The number of nitrogens with two attached hydrogens (primary N) is 1. The van der Waals surface area contributed by atoms with Gasteiger partial charge in [0.2, 0.25) is 0 Å². The van der Waals surface area contributed by atoms with E-state index in [1.54, 1.807) is 4.90 Å². The van der Waals surface area contributed by atoms with E-state index in [2.05, 4.69) is 0 Å². The maximum atomic E-state index is 12.4. The van der Waals surface area contributed by atoms with Gasteiger partial charge < -0.3 is 15.4 Å². The van der Waals surface area contributed by atoms with E-state index in [1.165, 1.54) is 7.11 Å². The van der Waals surface area contributed by atoms with Gasteiger partial charge in [-0.05, 0) is 12.5 Å². The molecule has 1 aromatic rings. The number of likely N-dealkylation sites (N-methyl/N-ethyl adjacent to an activating group) is 1. The molecule has 19 heavy (non-hydrogen) atoms. The van der Waals surface area contributed by atoms with Crippen molar-refractivity contribution in [3.63, 3.8) is 0 Å². The first-order valence-electron chi connectivity index (χ1n) is 6.25. The van der Waals surface area contributed by atoms with Crippen molar-refractivity contribution in [2.75, 3.05) is 20.2 Å². The summed E-state index contributed by atoms with van der Waals surface area (Å²) in [6.07, 6.45) is -0.0485. The fraction of sp³-hybridized carbons (Fsp3) is 0.429. The molecule has 104 valence electrons. The third-order valence-corrected chi connectivity index (χ3v) is 3.09. The van der Waals surface area contributed by atoms with E-state index in [0.717, 1.165) is 5.56 Å². The van der Waals surface area contributed by atoms with Crippen LogP contribution in [0.5, 0.6) is 0 Å². The molecule has 0 saturated carbocycles. The van der Waals surface area contributed by atoms with Gasteiger partial charge in [-0.3, -0.25) is 4.79 Å². The Morgan fingerprint density at radius 3 is 2.53 bits per heavy atom. The Kier molecular flexibility index (Phi) is 6.45. The van der Waals surface area contributed by atoms with Crippen LogP contribution in [0, 0.1) is 0 Å². The molecule has 1 amide bonds. The normalized spacial score (nSPS) is 11.9. The van der Waals surface area contributed by atoms with Crippen molar-refractivity contribution in [1.29, 1.82) is 0 Å². The molecular weight excluding hydrogens is 260 g/mol. The predicted molar refractivity (Wildman–Crippen MR) is 79.8 cm³/mol. The fourth-order valence-corrected chi connectivity index (χ4v) is 1.93. The van der Waals surface area contributed by atoms with Crippen molar-refractivity contribution in [1.82, 2.24) is 4.90 Å². The number of amides is 1. The third-order valence-electron chi connectivity index (χ3n) is 2.88. The number of ether oxygens (including phenoxy) is 1. The van der Waals surface area contributed by atoms with Crippen molar-refractivity contribution in [2.24, 2.45) is 5.73 Å². The topological polar surface area (TPSA) is 55.6 Å². The lowest BCUT2D eigenvalue weighted by atomic mass is 10.1. The summed E-state index contributed by atoms with van der Waals surface area (Å²) < 4.78 is 5.33. The highest BCUT2D eigenvalue weighted by molar-refractivity contribution is 7.80. The lowest BCUT2D eigenvalue weighted by molar-refractivity contribution is -0.142. The van der Waals surface area contributed by atoms with Crippen LogP contribution in [-0.2, 0) is 9.53 Å². The standard InChI is InChI=1S/C14H20N2O2S/c1-3-16(10-9-12(15)19)14(17)13(18-2)11-7-5-4-6-8-11/h4-8,13H,3,9-10H2,1-2H3,(H2,15,19). The zero-order valence-corrected chi connectivity index (χ0v) is 12.2. The zero-order chi connectivity index (χ0) is 14.3. The minimum atomic E-state index is -0.576. The summed E-state index contributed by atoms with van der Waals surface area (Å²) in [5.74, 6) is -0.0625. The van der Waals surface area contributed by atoms with Gasteiger partial charge in [0.15, 0.2) is 6.10 Å². The van der Waals surface area contributed by atoms with Crippen LogP contribution in [0.1, 0.15) is 25.0 Å². The van der Waals surface area contributed by atoms with Gasteiger partial charge in [0.25, 0.3) is 5.91 Å². The Hall–Kier alpha value is -1.46. The van der Waals surface area contributed by atoms with Crippen molar-refractivity contribution in [3.05, 3.63) is 35.9 Å². The van der Waals surface area contributed by atoms with Crippen LogP contribution in [0.15, 0.2) is 30.3 Å². The van der Waals surface area contributed by atoms with Crippen molar-refractivity contribution >= 4 is 23.1 Å². The van der Waals surface area contributed by atoms with Gasteiger partial charge in [-0.2, -0.15) is 0 Å². The van der Waals surface area contributed by atoms with Crippen molar-refractivity contribution in [3.8, 4) is 0 Å². The molecule has 0 spiro atoms. The number of benzene rings is 1. The molecule has 0 bridgehead atoms. The number of hydrogen-bond donors (Lipinski definition) is 1. The van der Waals surface area contributed by atoms with Gasteiger partial charge in [-0.15, -0.1) is 0 Å². The first-order valence-corrected chi connectivity index (χ1v) is 6.65. The maximum Gasteiger partial charge on any atom is 0.256 e. The first-order chi connectivity index (χ1) is 9.10. The van der Waals surface area contributed by atoms with Crippen LogP contribution >= 0.6 is 12.2 Å². The summed E-state index contributed by atoms with van der Waals surface area (Å²) in [7, 11) is 1.54. The molecule has 2 N–H and O–H groups in total. The van der Waals surface area contributed by atoms with Gasteiger partial charge in [0, 0.05) is 26.6 Å². The number of thiocarbonyl (C=S) groups is 1. The predicted octanol–water partition coefficient (Wildman–Crippen LogP) is 1.90.